The molecule has 0 saturated carbocycles. The largest absolute Gasteiger partial charge is 0.505 e. The molecule has 0 spiro atoms. The van der Waals surface area contributed by atoms with E-state index in [1.807, 2.05) is 12.1 Å². The van der Waals surface area contributed by atoms with Crippen molar-refractivity contribution in [3.05, 3.63) is 50.6 Å². The molecule has 0 atom stereocenters. The van der Waals surface area contributed by atoms with Crippen molar-refractivity contribution >= 4 is 46.5 Å². The molecular formula is C18H18Cl3N3O2. The molecule has 1 amide bonds. The van der Waals surface area contributed by atoms with Gasteiger partial charge in [-0.15, -0.1) is 0 Å². The predicted molar refractivity (Wildman–Crippen MR) is 105 cm³/mol. The van der Waals surface area contributed by atoms with Gasteiger partial charge in [0.2, 0.25) is 0 Å². The Morgan fingerprint density at radius 1 is 1.15 bits per heavy atom. The first-order chi connectivity index (χ1) is 12.5. The van der Waals surface area contributed by atoms with Crippen LogP contribution in [0.15, 0.2) is 24.4 Å². The quantitative estimate of drug-likeness (QED) is 0.714. The number of rotatable bonds is 4. The Morgan fingerprint density at radius 3 is 2.62 bits per heavy atom. The molecule has 2 aromatic rings. The maximum absolute atomic E-state index is 12.5. The van der Waals surface area contributed by atoms with E-state index in [2.05, 4.69) is 15.2 Å². The van der Waals surface area contributed by atoms with Gasteiger partial charge in [0, 0.05) is 25.8 Å². The number of carbonyl (C=O) groups is 1. The van der Waals surface area contributed by atoms with E-state index in [-0.39, 0.29) is 32.9 Å². The number of nitrogens with one attached hydrogen (secondary N) is 1. The molecular weight excluding hydrogens is 397 g/mol. The second kappa shape index (κ2) is 8.33. The molecule has 8 heteroatoms. The predicted octanol–water partition coefficient (Wildman–Crippen LogP) is 4.67. The van der Waals surface area contributed by atoms with Gasteiger partial charge < -0.3 is 15.3 Å². The minimum Gasteiger partial charge on any atom is -0.505 e. The smallest absolute Gasteiger partial charge is 0.256 e. The Kier molecular flexibility index (Phi) is 6.12. The van der Waals surface area contributed by atoms with Crippen LogP contribution in [0.2, 0.25) is 15.1 Å². The third kappa shape index (κ3) is 4.17. The lowest BCUT2D eigenvalue weighted by Crippen LogP contribution is -2.30. The van der Waals surface area contributed by atoms with E-state index in [9.17, 15) is 9.90 Å². The Morgan fingerprint density at radius 2 is 1.88 bits per heavy atom. The van der Waals surface area contributed by atoms with Crippen LogP contribution in [-0.4, -0.2) is 29.1 Å². The van der Waals surface area contributed by atoms with E-state index in [0.717, 1.165) is 37.3 Å². The standard InChI is InChI=1S/C18H18Cl3N3O2/c19-12-9-13(20)17(25)15(16(12)21)18(26)23-10-11-4-5-22-14(8-11)24-6-2-1-3-7-24/h4-5,8-9,25H,1-3,6-7,10H2,(H,23,26). The monoisotopic (exact) mass is 413 g/mol. The molecule has 3 rings (SSSR count). The van der Waals surface area contributed by atoms with Gasteiger partial charge in [0.1, 0.15) is 17.1 Å². The molecule has 2 N–H and O–H groups in total. The van der Waals surface area contributed by atoms with Crippen molar-refractivity contribution in [2.24, 2.45) is 0 Å². The number of hydrogen-bond acceptors (Lipinski definition) is 4. The molecule has 0 unspecified atom stereocenters. The molecule has 1 aliphatic heterocycles. The van der Waals surface area contributed by atoms with Gasteiger partial charge in [-0.25, -0.2) is 4.98 Å². The van der Waals surface area contributed by atoms with Gasteiger partial charge in [-0.05, 0) is 43.0 Å². The van der Waals surface area contributed by atoms with Gasteiger partial charge in [-0.2, -0.15) is 0 Å². The van der Waals surface area contributed by atoms with Crippen LogP contribution < -0.4 is 10.2 Å². The molecule has 0 radical (unpaired) electrons. The number of aromatic nitrogens is 1. The minimum atomic E-state index is -0.548. The van der Waals surface area contributed by atoms with E-state index in [1.165, 1.54) is 12.5 Å². The first kappa shape index (κ1) is 19.1. The highest BCUT2D eigenvalue weighted by Gasteiger charge is 2.21. The van der Waals surface area contributed by atoms with Gasteiger partial charge >= 0.3 is 0 Å². The number of hydrogen-bond donors (Lipinski definition) is 2. The second-order valence-electron chi connectivity index (χ2n) is 6.13. The van der Waals surface area contributed by atoms with Crippen molar-refractivity contribution in [1.29, 1.82) is 0 Å². The number of pyridine rings is 1. The van der Waals surface area contributed by atoms with E-state index >= 15 is 0 Å². The Hall–Kier alpha value is -1.69. The maximum Gasteiger partial charge on any atom is 0.256 e. The van der Waals surface area contributed by atoms with Gasteiger partial charge in [-0.3, -0.25) is 4.79 Å². The molecule has 1 aromatic carbocycles. The number of halogens is 3. The van der Waals surface area contributed by atoms with Gasteiger partial charge in [-0.1, -0.05) is 34.8 Å². The highest BCUT2D eigenvalue weighted by molar-refractivity contribution is 6.45. The fourth-order valence-electron chi connectivity index (χ4n) is 2.93. The van der Waals surface area contributed by atoms with E-state index in [1.54, 1.807) is 6.20 Å². The number of nitrogens with zero attached hydrogens (tertiary/aromatic N) is 2. The summed E-state index contributed by atoms with van der Waals surface area (Å²) in [5, 5.41) is 12.8. The molecule has 5 nitrogen and oxygen atoms in total. The lowest BCUT2D eigenvalue weighted by Gasteiger charge is -2.27. The number of aromatic hydroxyl groups is 1. The fourth-order valence-corrected chi connectivity index (χ4v) is 3.62. The summed E-state index contributed by atoms with van der Waals surface area (Å²) in [7, 11) is 0. The van der Waals surface area contributed by atoms with E-state index in [4.69, 9.17) is 34.8 Å². The van der Waals surface area contributed by atoms with Crippen LogP contribution in [0, 0.1) is 0 Å². The van der Waals surface area contributed by atoms with E-state index in [0.29, 0.717) is 0 Å². The van der Waals surface area contributed by atoms with Crippen LogP contribution in [-0.2, 0) is 6.54 Å². The number of piperidine rings is 1. The second-order valence-corrected chi connectivity index (χ2v) is 7.32. The van der Waals surface area contributed by atoms with Crippen molar-refractivity contribution < 1.29 is 9.90 Å². The lowest BCUT2D eigenvalue weighted by atomic mass is 10.1. The molecule has 1 saturated heterocycles. The number of carbonyl (C=O) groups excluding carboxylic acids is 1. The molecule has 138 valence electrons. The normalized spacial score (nSPS) is 14.3. The van der Waals surface area contributed by atoms with Gasteiger partial charge in [0.15, 0.2) is 0 Å². The first-order valence-corrected chi connectivity index (χ1v) is 9.45. The van der Waals surface area contributed by atoms with Crippen molar-refractivity contribution in [2.75, 3.05) is 18.0 Å². The van der Waals surface area contributed by atoms with Crippen LogP contribution in [0.25, 0.3) is 0 Å². The summed E-state index contributed by atoms with van der Waals surface area (Å²) in [6.45, 7) is 2.25. The van der Waals surface area contributed by atoms with Crippen LogP contribution in [0.5, 0.6) is 5.75 Å². The third-order valence-electron chi connectivity index (χ3n) is 4.32. The highest BCUT2D eigenvalue weighted by atomic mass is 35.5. The minimum absolute atomic E-state index is 0.0270. The maximum atomic E-state index is 12.5. The van der Waals surface area contributed by atoms with Gasteiger partial charge in [0.25, 0.3) is 5.91 Å². The summed E-state index contributed by atoms with van der Waals surface area (Å²) in [6.07, 6.45) is 5.30. The Bertz CT molecular complexity index is 797. The number of amides is 1. The molecule has 0 bridgehead atoms. The zero-order chi connectivity index (χ0) is 18.7. The average Bonchev–Trinajstić information content (AvgIpc) is 2.66. The van der Waals surface area contributed by atoms with Crippen molar-refractivity contribution in [3.8, 4) is 5.75 Å². The molecule has 1 aromatic heterocycles. The fraction of sp³-hybridized carbons (Fsp3) is 0.333. The summed E-state index contributed by atoms with van der Waals surface area (Å²) >= 11 is 17.9. The SMILES string of the molecule is O=C(NCc1ccnc(N2CCCCC2)c1)c1c(O)c(Cl)cc(Cl)c1Cl. The number of phenols is 1. The van der Waals surface area contributed by atoms with Crippen LogP contribution in [0.4, 0.5) is 5.82 Å². The zero-order valence-corrected chi connectivity index (χ0v) is 16.2. The summed E-state index contributed by atoms with van der Waals surface area (Å²) in [4.78, 5) is 19.1. The lowest BCUT2D eigenvalue weighted by molar-refractivity contribution is 0.0948. The molecule has 2 heterocycles. The molecule has 1 aliphatic rings. The third-order valence-corrected chi connectivity index (χ3v) is 5.39. The van der Waals surface area contributed by atoms with Crippen molar-refractivity contribution in [1.82, 2.24) is 10.3 Å². The molecule has 0 aliphatic carbocycles. The number of benzene rings is 1. The van der Waals surface area contributed by atoms with Crippen LogP contribution >= 0.6 is 34.8 Å². The van der Waals surface area contributed by atoms with Crippen LogP contribution in [0.1, 0.15) is 35.2 Å². The topological polar surface area (TPSA) is 65.5 Å². The highest BCUT2D eigenvalue weighted by Crippen LogP contribution is 2.38. The first-order valence-electron chi connectivity index (χ1n) is 8.32. The summed E-state index contributed by atoms with van der Waals surface area (Å²) in [6, 6.07) is 5.09. The molecule has 26 heavy (non-hydrogen) atoms. The summed E-state index contributed by atoms with van der Waals surface area (Å²) < 4.78 is 0. The average molecular weight is 415 g/mol. The Balaban J connectivity index is 1.72. The van der Waals surface area contributed by atoms with Gasteiger partial charge in [0.05, 0.1) is 15.1 Å². The Labute approximate surface area is 166 Å². The zero-order valence-electron chi connectivity index (χ0n) is 13.9. The number of anilines is 1. The van der Waals surface area contributed by atoms with Crippen LogP contribution in [0.3, 0.4) is 0 Å². The summed E-state index contributed by atoms with van der Waals surface area (Å²) in [5.41, 5.74) is 0.770. The number of phenolic OH excluding ortho intramolecular Hbond substituents is 1. The molecule has 1 fully saturated rings. The van der Waals surface area contributed by atoms with Crippen molar-refractivity contribution in [3.63, 3.8) is 0 Å². The van der Waals surface area contributed by atoms with Crippen molar-refractivity contribution in [2.45, 2.75) is 25.8 Å². The van der Waals surface area contributed by atoms with E-state index < -0.39 is 5.91 Å². The summed E-state index contributed by atoms with van der Waals surface area (Å²) in [5.74, 6) is -0.0290.